The fourth-order valence-electron chi connectivity index (χ4n) is 2.17. The van der Waals surface area contributed by atoms with Gasteiger partial charge in [0, 0.05) is 18.9 Å². The highest BCUT2D eigenvalue weighted by Crippen LogP contribution is 2.34. The molecule has 1 fully saturated rings. The lowest BCUT2D eigenvalue weighted by molar-refractivity contribution is 0.332. The first-order valence-corrected chi connectivity index (χ1v) is 7.02. The van der Waals surface area contributed by atoms with Gasteiger partial charge in [-0.1, -0.05) is 0 Å². The Kier molecular flexibility index (Phi) is 2.75. The van der Waals surface area contributed by atoms with Crippen molar-refractivity contribution in [2.45, 2.75) is 12.8 Å². The largest absolute Gasteiger partial charge is 0.330 e. The zero-order chi connectivity index (χ0) is 11.8. The summed E-state index contributed by atoms with van der Waals surface area (Å²) >= 11 is 0. The molecule has 0 bridgehead atoms. The van der Waals surface area contributed by atoms with E-state index in [1.807, 2.05) is 0 Å². The number of nitrogens with zero attached hydrogens (tertiary/aromatic N) is 3. The van der Waals surface area contributed by atoms with E-state index in [0.29, 0.717) is 19.4 Å². The molecule has 2 heterocycles. The third kappa shape index (κ3) is 2.10. The van der Waals surface area contributed by atoms with Gasteiger partial charge in [-0.05, 0) is 13.0 Å². The molecular weight excluding hydrogens is 228 g/mol. The molecule has 0 spiro atoms. The molecule has 1 aliphatic rings. The van der Waals surface area contributed by atoms with E-state index in [2.05, 4.69) is 10.1 Å². The first kappa shape index (κ1) is 11.5. The summed E-state index contributed by atoms with van der Waals surface area (Å²) in [7, 11) is -1.12. The maximum absolute atomic E-state index is 11.5. The number of hydrogen-bond donors (Lipinski definition) is 1. The fourth-order valence-corrected chi connectivity index (χ4v) is 4.36. The van der Waals surface area contributed by atoms with Gasteiger partial charge >= 0.3 is 0 Å². The molecule has 7 heteroatoms. The quantitative estimate of drug-likeness (QED) is 0.745. The van der Waals surface area contributed by atoms with Gasteiger partial charge in [-0.15, -0.1) is 0 Å². The molecule has 1 aromatic heterocycles. The van der Waals surface area contributed by atoms with Crippen molar-refractivity contribution in [1.29, 1.82) is 0 Å². The number of hydrogen-bond acceptors (Lipinski definition) is 5. The second-order valence-electron chi connectivity index (χ2n) is 4.52. The van der Waals surface area contributed by atoms with Crippen LogP contribution in [0.2, 0.25) is 0 Å². The van der Waals surface area contributed by atoms with E-state index in [1.165, 1.54) is 6.33 Å². The molecule has 1 unspecified atom stereocenters. The van der Waals surface area contributed by atoms with Crippen LogP contribution in [0.3, 0.4) is 0 Å². The molecule has 2 rings (SSSR count). The Balaban J connectivity index is 2.22. The highest BCUT2D eigenvalue weighted by Gasteiger charge is 2.42. The Bertz CT molecular complexity index is 481. The van der Waals surface area contributed by atoms with Crippen LogP contribution < -0.4 is 5.73 Å². The van der Waals surface area contributed by atoms with Gasteiger partial charge in [0.25, 0.3) is 0 Å². The van der Waals surface area contributed by atoms with E-state index in [-0.39, 0.29) is 16.9 Å². The summed E-state index contributed by atoms with van der Waals surface area (Å²) < 4.78 is 24.7. The van der Waals surface area contributed by atoms with Gasteiger partial charge in [0.1, 0.15) is 12.2 Å². The molecular formula is C9H16N4O2S. The van der Waals surface area contributed by atoms with E-state index in [9.17, 15) is 8.42 Å². The predicted octanol–water partition coefficient (Wildman–Crippen LogP) is -0.879. The summed E-state index contributed by atoms with van der Waals surface area (Å²) in [5, 5.41) is 3.98. The summed E-state index contributed by atoms with van der Waals surface area (Å²) in [6, 6.07) is 0. The summed E-state index contributed by atoms with van der Waals surface area (Å²) in [6.45, 7) is 0.374. The molecule has 0 aromatic carbocycles. The Morgan fingerprint density at radius 1 is 1.62 bits per heavy atom. The number of aryl methyl sites for hydroxylation is 1. The Labute approximate surface area is 94.8 Å². The molecule has 1 aliphatic heterocycles. The molecule has 1 atom stereocenters. The van der Waals surface area contributed by atoms with Crippen LogP contribution in [-0.2, 0) is 23.3 Å². The zero-order valence-corrected chi connectivity index (χ0v) is 10.1. The molecule has 1 saturated heterocycles. The van der Waals surface area contributed by atoms with Crippen molar-refractivity contribution in [3.8, 4) is 0 Å². The molecule has 2 N–H and O–H groups in total. The molecule has 16 heavy (non-hydrogen) atoms. The fraction of sp³-hybridized carbons (Fsp3) is 0.778. The van der Waals surface area contributed by atoms with E-state index < -0.39 is 9.84 Å². The van der Waals surface area contributed by atoms with Gasteiger partial charge < -0.3 is 5.73 Å². The molecule has 1 aromatic rings. The van der Waals surface area contributed by atoms with Gasteiger partial charge in [-0.25, -0.2) is 13.4 Å². The minimum atomic E-state index is -2.92. The summed E-state index contributed by atoms with van der Waals surface area (Å²) in [4.78, 5) is 4.12. The summed E-state index contributed by atoms with van der Waals surface area (Å²) in [5.41, 5.74) is 5.39. The highest BCUT2D eigenvalue weighted by molar-refractivity contribution is 7.91. The minimum Gasteiger partial charge on any atom is -0.330 e. The molecule has 0 aliphatic carbocycles. The van der Waals surface area contributed by atoms with Crippen LogP contribution >= 0.6 is 0 Å². The Morgan fingerprint density at radius 3 is 2.81 bits per heavy atom. The lowest BCUT2D eigenvalue weighted by atomic mass is 9.84. The van der Waals surface area contributed by atoms with E-state index in [1.54, 1.807) is 11.7 Å². The lowest BCUT2D eigenvalue weighted by Gasteiger charge is -2.24. The van der Waals surface area contributed by atoms with Crippen molar-refractivity contribution in [2.24, 2.45) is 18.2 Å². The smallest absolute Gasteiger partial charge is 0.150 e. The van der Waals surface area contributed by atoms with E-state index in [4.69, 9.17) is 5.73 Å². The summed E-state index contributed by atoms with van der Waals surface area (Å²) in [6.07, 6.45) is 2.68. The van der Waals surface area contributed by atoms with Crippen LogP contribution in [0.5, 0.6) is 0 Å². The lowest BCUT2D eigenvalue weighted by Crippen LogP contribution is -2.35. The van der Waals surface area contributed by atoms with Crippen LogP contribution in [0.15, 0.2) is 6.33 Å². The van der Waals surface area contributed by atoms with Crippen molar-refractivity contribution >= 4 is 9.84 Å². The van der Waals surface area contributed by atoms with Crippen molar-refractivity contribution in [2.75, 3.05) is 18.1 Å². The first-order valence-electron chi connectivity index (χ1n) is 5.20. The molecule has 0 radical (unpaired) electrons. The van der Waals surface area contributed by atoms with Gasteiger partial charge in [0.15, 0.2) is 9.84 Å². The SMILES string of the molecule is Cn1ncnc1CC1(CN)CCS(=O)(=O)C1. The van der Waals surface area contributed by atoms with Crippen LogP contribution in [0.25, 0.3) is 0 Å². The summed E-state index contributed by atoms with van der Waals surface area (Å²) in [5.74, 6) is 1.20. The van der Waals surface area contributed by atoms with Gasteiger partial charge in [-0.2, -0.15) is 5.10 Å². The highest BCUT2D eigenvalue weighted by atomic mass is 32.2. The van der Waals surface area contributed by atoms with Crippen LogP contribution in [0, 0.1) is 5.41 Å². The number of sulfone groups is 1. The van der Waals surface area contributed by atoms with Crippen molar-refractivity contribution in [1.82, 2.24) is 14.8 Å². The second kappa shape index (κ2) is 3.81. The monoisotopic (exact) mass is 244 g/mol. The molecule has 0 amide bonds. The molecule has 0 saturated carbocycles. The predicted molar refractivity (Wildman–Crippen MR) is 59.5 cm³/mol. The van der Waals surface area contributed by atoms with Gasteiger partial charge in [0.2, 0.25) is 0 Å². The first-order chi connectivity index (χ1) is 7.46. The van der Waals surface area contributed by atoms with Gasteiger partial charge in [-0.3, -0.25) is 4.68 Å². The second-order valence-corrected chi connectivity index (χ2v) is 6.71. The number of rotatable bonds is 3. The van der Waals surface area contributed by atoms with E-state index >= 15 is 0 Å². The van der Waals surface area contributed by atoms with Gasteiger partial charge in [0.05, 0.1) is 11.5 Å². The van der Waals surface area contributed by atoms with Crippen molar-refractivity contribution in [3.05, 3.63) is 12.2 Å². The molecule has 90 valence electrons. The van der Waals surface area contributed by atoms with Crippen molar-refractivity contribution in [3.63, 3.8) is 0 Å². The number of nitrogens with two attached hydrogens (primary N) is 1. The maximum Gasteiger partial charge on any atom is 0.150 e. The van der Waals surface area contributed by atoms with Crippen LogP contribution in [0.4, 0.5) is 0 Å². The Hall–Kier alpha value is -0.950. The normalized spacial score (nSPS) is 28.4. The third-order valence-corrected chi connectivity index (χ3v) is 5.12. The average Bonchev–Trinajstić information content (AvgIpc) is 2.73. The van der Waals surface area contributed by atoms with Crippen molar-refractivity contribution < 1.29 is 8.42 Å². The zero-order valence-electron chi connectivity index (χ0n) is 9.26. The number of aromatic nitrogens is 3. The van der Waals surface area contributed by atoms with Crippen LogP contribution in [-0.4, -0.2) is 41.2 Å². The average molecular weight is 244 g/mol. The maximum atomic E-state index is 11.5. The minimum absolute atomic E-state index is 0.170. The standard InChI is InChI=1S/C9H16N4O2S/c1-13-8(11-7-12-13)4-9(5-10)2-3-16(14,15)6-9/h7H,2-6,10H2,1H3. The Morgan fingerprint density at radius 2 is 2.38 bits per heavy atom. The third-order valence-electron chi connectivity index (χ3n) is 3.24. The topological polar surface area (TPSA) is 90.9 Å². The van der Waals surface area contributed by atoms with Crippen LogP contribution in [0.1, 0.15) is 12.2 Å². The van der Waals surface area contributed by atoms with E-state index in [0.717, 1.165) is 5.82 Å². The molecule has 6 nitrogen and oxygen atoms in total.